The van der Waals surface area contributed by atoms with Crippen LogP contribution in [0.25, 0.3) is 0 Å². The van der Waals surface area contributed by atoms with Crippen LogP contribution in [-0.2, 0) is 14.0 Å². The molecule has 41 heavy (non-hydrogen) atoms. The Bertz CT molecular complexity index is 1060. The zero-order valence-electron chi connectivity index (χ0n) is 26.6. The maximum atomic E-state index is 13.8. The number of rotatable bonds is 12. The van der Waals surface area contributed by atoms with Crippen LogP contribution >= 0.6 is 0 Å². The van der Waals surface area contributed by atoms with Crippen molar-refractivity contribution in [3.8, 4) is 0 Å². The minimum atomic E-state index is -2.75. The van der Waals surface area contributed by atoms with Gasteiger partial charge >= 0.3 is 0 Å². The third kappa shape index (κ3) is 7.88. The number of carbonyl (C=O) groups is 2. The van der Waals surface area contributed by atoms with Crippen molar-refractivity contribution in [3.63, 3.8) is 0 Å². The summed E-state index contributed by atoms with van der Waals surface area (Å²) in [6, 6.07) is 20.2. The Hall–Kier alpha value is -2.48. The first kappa shape index (κ1) is 33.0. The van der Waals surface area contributed by atoms with Crippen molar-refractivity contribution in [2.24, 2.45) is 11.8 Å². The van der Waals surface area contributed by atoms with Crippen LogP contribution in [-0.4, -0.2) is 63.4 Å². The topological polar surface area (TPSA) is 70.7 Å². The first-order valence-corrected chi connectivity index (χ1v) is 17.4. The van der Waals surface area contributed by atoms with Crippen LogP contribution in [0.15, 0.2) is 60.7 Å². The van der Waals surface area contributed by atoms with Crippen molar-refractivity contribution in [3.05, 3.63) is 60.7 Å². The molecule has 1 aliphatic rings. The second kappa shape index (κ2) is 14.6. The monoisotopic (exact) mass is 579 g/mol. The minimum Gasteiger partial charge on any atom is -0.405 e. The molecule has 0 aliphatic carbocycles. The molecule has 0 radical (unpaired) electrons. The first-order valence-electron chi connectivity index (χ1n) is 15.5. The summed E-state index contributed by atoms with van der Waals surface area (Å²) in [4.78, 5) is 29.2. The highest BCUT2D eigenvalue weighted by Crippen LogP contribution is 2.37. The average molecular weight is 580 g/mol. The smallest absolute Gasteiger partial charge is 0.261 e. The Morgan fingerprint density at radius 3 is 1.98 bits per heavy atom. The molecular weight excluding hydrogens is 526 g/mol. The van der Waals surface area contributed by atoms with E-state index < -0.39 is 14.4 Å². The number of amides is 2. The second-order valence-corrected chi connectivity index (χ2v) is 17.5. The van der Waals surface area contributed by atoms with Gasteiger partial charge < -0.3 is 15.1 Å². The Kier molecular flexibility index (Phi) is 11.8. The molecule has 3 rings (SSSR count). The minimum absolute atomic E-state index is 0.0123. The Balaban J connectivity index is 1.86. The Morgan fingerprint density at radius 2 is 1.51 bits per heavy atom. The summed E-state index contributed by atoms with van der Waals surface area (Å²) in [5, 5.41) is 8.72. The standard InChI is InChI=1S/C34H53N3O3Si/c1-9-26(4)31(36-32(38)30-22-16-17-23-37(30)8)33(39)35-29(25(2)3)24-40-41(34(5,6)7,27-18-12-10-13-19-27)28-20-14-11-15-21-28/h10-15,18-21,25-26,29-31H,9,16-17,22-24H2,1-8H3,(H,35,39)(H,36,38). The number of hydrogen-bond acceptors (Lipinski definition) is 4. The molecular formula is C34H53N3O3Si. The number of carbonyl (C=O) groups excluding carboxylic acids is 2. The fourth-order valence-corrected chi connectivity index (χ4v) is 10.6. The number of nitrogens with one attached hydrogen (secondary N) is 2. The van der Waals surface area contributed by atoms with Crippen molar-refractivity contribution >= 4 is 30.5 Å². The largest absolute Gasteiger partial charge is 0.405 e. The molecule has 7 heteroatoms. The van der Waals surface area contributed by atoms with Gasteiger partial charge in [-0.05, 0) is 53.7 Å². The highest BCUT2D eigenvalue weighted by Gasteiger charge is 2.50. The highest BCUT2D eigenvalue weighted by atomic mass is 28.4. The van der Waals surface area contributed by atoms with Crippen LogP contribution in [0.2, 0.25) is 5.04 Å². The van der Waals surface area contributed by atoms with Gasteiger partial charge in [-0.15, -0.1) is 0 Å². The number of hydrogen-bond donors (Lipinski definition) is 2. The summed E-state index contributed by atoms with van der Waals surface area (Å²) >= 11 is 0. The van der Waals surface area contributed by atoms with Gasteiger partial charge in [0.2, 0.25) is 11.8 Å². The van der Waals surface area contributed by atoms with E-state index >= 15 is 0 Å². The lowest BCUT2D eigenvalue weighted by molar-refractivity contribution is -0.134. The number of likely N-dealkylation sites (N-methyl/N-ethyl adjacent to an activating group) is 1. The SMILES string of the molecule is CCC(C)C(NC(=O)C1CCCCN1C)C(=O)NC(CO[Si](c1ccccc1)(c1ccccc1)C(C)(C)C)C(C)C. The number of benzene rings is 2. The lowest BCUT2D eigenvalue weighted by Gasteiger charge is -2.44. The molecule has 2 aromatic carbocycles. The van der Waals surface area contributed by atoms with Gasteiger partial charge in [-0.1, -0.05) is 122 Å². The van der Waals surface area contributed by atoms with E-state index in [0.29, 0.717) is 6.61 Å². The molecule has 2 N–H and O–H groups in total. The van der Waals surface area contributed by atoms with E-state index in [0.717, 1.165) is 32.2 Å². The molecule has 1 fully saturated rings. The normalized spacial score (nSPS) is 18.9. The molecule has 226 valence electrons. The van der Waals surface area contributed by atoms with Crippen LogP contribution in [0.3, 0.4) is 0 Å². The van der Waals surface area contributed by atoms with Gasteiger partial charge in [-0.25, -0.2) is 0 Å². The van der Waals surface area contributed by atoms with Crippen LogP contribution in [0.1, 0.15) is 74.1 Å². The number of likely N-dealkylation sites (tertiary alicyclic amines) is 1. The lowest BCUT2D eigenvalue weighted by atomic mass is 9.95. The van der Waals surface area contributed by atoms with Crippen molar-refractivity contribution in [1.29, 1.82) is 0 Å². The Morgan fingerprint density at radius 1 is 0.951 bits per heavy atom. The summed E-state index contributed by atoms with van der Waals surface area (Å²) in [6.07, 6.45) is 3.77. The third-order valence-corrected chi connectivity index (χ3v) is 13.9. The van der Waals surface area contributed by atoms with E-state index in [-0.39, 0.29) is 40.8 Å². The molecule has 1 saturated heterocycles. The van der Waals surface area contributed by atoms with E-state index in [2.05, 4.69) is 106 Å². The molecule has 2 amide bonds. The zero-order valence-corrected chi connectivity index (χ0v) is 27.6. The quantitative estimate of drug-likeness (QED) is 0.357. The van der Waals surface area contributed by atoms with Crippen LogP contribution in [0, 0.1) is 11.8 Å². The maximum Gasteiger partial charge on any atom is 0.261 e. The van der Waals surface area contributed by atoms with Gasteiger partial charge in [-0.3, -0.25) is 14.5 Å². The third-order valence-electron chi connectivity index (χ3n) is 8.89. The van der Waals surface area contributed by atoms with Crippen molar-refractivity contribution in [1.82, 2.24) is 15.5 Å². The van der Waals surface area contributed by atoms with E-state index in [1.54, 1.807) is 0 Å². The molecule has 1 aliphatic heterocycles. The number of piperidine rings is 1. The Labute approximate surface area is 249 Å². The molecule has 0 spiro atoms. The predicted molar refractivity (Wildman–Crippen MR) is 172 cm³/mol. The maximum absolute atomic E-state index is 13.8. The fourth-order valence-electron chi connectivity index (χ4n) is 6.01. The molecule has 2 aromatic rings. The van der Waals surface area contributed by atoms with Crippen LogP contribution in [0.5, 0.6) is 0 Å². The zero-order chi connectivity index (χ0) is 30.2. The fraction of sp³-hybridized carbons (Fsp3) is 0.588. The van der Waals surface area contributed by atoms with Gasteiger partial charge in [0.25, 0.3) is 8.32 Å². The van der Waals surface area contributed by atoms with Crippen molar-refractivity contribution in [2.45, 2.75) is 97.3 Å². The molecule has 4 unspecified atom stereocenters. The number of nitrogens with zero attached hydrogens (tertiary/aromatic N) is 1. The van der Waals surface area contributed by atoms with Gasteiger partial charge in [0, 0.05) is 0 Å². The average Bonchev–Trinajstić information content (AvgIpc) is 2.95. The van der Waals surface area contributed by atoms with E-state index in [9.17, 15) is 9.59 Å². The summed E-state index contributed by atoms with van der Waals surface area (Å²) < 4.78 is 7.18. The van der Waals surface area contributed by atoms with Crippen molar-refractivity contribution in [2.75, 3.05) is 20.2 Å². The summed E-state index contributed by atoms with van der Waals surface area (Å²) in [5.41, 5.74) is 0. The molecule has 0 bridgehead atoms. The van der Waals surface area contributed by atoms with E-state index in [1.807, 2.05) is 26.1 Å². The summed E-state index contributed by atoms with van der Waals surface area (Å²) in [5.74, 6) is -0.0126. The van der Waals surface area contributed by atoms with E-state index in [1.165, 1.54) is 10.4 Å². The lowest BCUT2D eigenvalue weighted by Crippen LogP contribution is -2.67. The predicted octanol–water partition coefficient (Wildman–Crippen LogP) is 4.72. The van der Waals surface area contributed by atoms with Crippen molar-refractivity contribution < 1.29 is 14.0 Å². The van der Waals surface area contributed by atoms with Gasteiger partial charge in [0.1, 0.15) is 6.04 Å². The molecule has 1 heterocycles. The molecule has 6 nitrogen and oxygen atoms in total. The van der Waals surface area contributed by atoms with Gasteiger partial charge in [0.05, 0.1) is 18.7 Å². The second-order valence-electron chi connectivity index (χ2n) is 13.2. The molecule has 0 saturated carbocycles. The highest BCUT2D eigenvalue weighted by molar-refractivity contribution is 6.99. The molecule has 0 aromatic heterocycles. The van der Waals surface area contributed by atoms with Gasteiger partial charge in [-0.2, -0.15) is 0 Å². The molecule has 4 atom stereocenters. The first-order chi connectivity index (χ1) is 19.4. The van der Waals surface area contributed by atoms with Gasteiger partial charge in [0.15, 0.2) is 0 Å². The van der Waals surface area contributed by atoms with E-state index in [4.69, 9.17) is 4.43 Å². The van der Waals surface area contributed by atoms with Crippen LogP contribution in [0.4, 0.5) is 0 Å². The summed E-state index contributed by atoms with van der Waals surface area (Å²) in [6.45, 7) is 16.4. The summed E-state index contributed by atoms with van der Waals surface area (Å²) in [7, 11) is -0.749. The van der Waals surface area contributed by atoms with Crippen LogP contribution < -0.4 is 21.0 Å².